The summed E-state index contributed by atoms with van der Waals surface area (Å²) in [4.78, 5) is 38.2. The Bertz CT molecular complexity index is 910. The fourth-order valence-corrected chi connectivity index (χ4v) is 8.28. The van der Waals surface area contributed by atoms with E-state index in [4.69, 9.17) is 18.9 Å². The smallest absolute Gasteiger partial charge is 0.340 e. The van der Waals surface area contributed by atoms with Gasteiger partial charge in [-0.1, -0.05) is 27.7 Å². The summed E-state index contributed by atoms with van der Waals surface area (Å²) >= 11 is 0. The Balaban J connectivity index is 1.71. The molecule has 30 heavy (non-hydrogen) atoms. The van der Waals surface area contributed by atoms with Crippen LogP contribution in [0.4, 0.5) is 0 Å². The summed E-state index contributed by atoms with van der Waals surface area (Å²) in [6, 6.07) is 0. The van der Waals surface area contributed by atoms with E-state index in [1.54, 1.807) is 6.92 Å². The molecule has 0 aromatic heterocycles. The van der Waals surface area contributed by atoms with Crippen molar-refractivity contribution in [1.82, 2.24) is 0 Å². The van der Waals surface area contributed by atoms with Crippen molar-refractivity contribution in [3.63, 3.8) is 0 Å². The molecule has 6 aliphatic rings. The molecule has 6 fully saturated rings. The van der Waals surface area contributed by atoms with Gasteiger partial charge in [0.15, 0.2) is 11.7 Å². The minimum Gasteiger partial charge on any atom is -0.459 e. The Hall–Kier alpha value is -1.75. The van der Waals surface area contributed by atoms with Gasteiger partial charge in [-0.3, -0.25) is 4.79 Å². The van der Waals surface area contributed by atoms with Crippen molar-refractivity contribution in [2.24, 2.45) is 34.0 Å². The summed E-state index contributed by atoms with van der Waals surface area (Å²) in [5.74, 6) is -4.90. The number of hydrogen-bond acceptors (Lipinski definition) is 10. The van der Waals surface area contributed by atoms with Crippen molar-refractivity contribution < 1.29 is 48.7 Å². The first kappa shape index (κ1) is 19.0. The van der Waals surface area contributed by atoms with Crippen LogP contribution in [-0.2, 0) is 33.3 Å². The molecule has 4 saturated heterocycles. The first-order valence-electron chi connectivity index (χ1n) is 10.2. The fourth-order valence-electron chi connectivity index (χ4n) is 8.28. The summed E-state index contributed by atoms with van der Waals surface area (Å²) in [6.45, 7) is 7.05. The number of esters is 3. The highest BCUT2D eigenvalue weighted by Gasteiger charge is 3.01. The van der Waals surface area contributed by atoms with Gasteiger partial charge < -0.3 is 34.3 Å². The third-order valence-corrected chi connectivity index (χ3v) is 8.76. The molecule has 0 amide bonds. The summed E-state index contributed by atoms with van der Waals surface area (Å²) in [5.41, 5.74) is -5.96. The van der Waals surface area contributed by atoms with E-state index in [-0.39, 0.29) is 0 Å². The van der Waals surface area contributed by atoms with Crippen molar-refractivity contribution in [3.05, 3.63) is 0 Å². The lowest BCUT2D eigenvalue weighted by atomic mass is 9.51. The van der Waals surface area contributed by atoms with E-state index >= 15 is 0 Å². The summed E-state index contributed by atoms with van der Waals surface area (Å²) in [6.07, 6.45) is -8.29. The number of ether oxygens (including phenoxy) is 4. The van der Waals surface area contributed by atoms with Crippen molar-refractivity contribution in [1.29, 1.82) is 0 Å². The first-order valence-corrected chi connectivity index (χ1v) is 10.2. The van der Waals surface area contributed by atoms with Crippen LogP contribution in [0.2, 0.25) is 0 Å². The predicted molar refractivity (Wildman–Crippen MR) is 91.9 cm³/mol. The zero-order chi connectivity index (χ0) is 21.8. The third kappa shape index (κ3) is 1.40. The molecule has 164 valence electrons. The summed E-state index contributed by atoms with van der Waals surface area (Å²) in [7, 11) is 0. The molecule has 2 aliphatic carbocycles. The second-order valence-electron chi connectivity index (χ2n) is 10.6. The largest absolute Gasteiger partial charge is 0.459 e. The Morgan fingerprint density at radius 1 is 0.967 bits per heavy atom. The van der Waals surface area contributed by atoms with E-state index in [1.165, 1.54) is 0 Å². The van der Waals surface area contributed by atoms with Gasteiger partial charge in [-0.05, 0) is 5.41 Å². The molecule has 2 saturated carbocycles. The average molecular weight is 424 g/mol. The molecule has 10 nitrogen and oxygen atoms in total. The number of aliphatic hydroxyl groups excluding tert-OH is 3. The molecule has 4 heterocycles. The number of fused-ring (bicyclic) bond motifs is 1. The second kappa shape index (κ2) is 4.85. The lowest BCUT2D eigenvalue weighted by Crippen LogP contribution is -2.63. The molecule has 0 unspecified atom stereocenters. The van der Waals surface area contributed by atoms with E-state index in [0.717, 1.165) is 0 Å². The number of carbonyl (C=O) groups excluding carboxylic acids is 3. The van der Waals surface area contributed by atoms with Gasteiger partial charge >= 0.3 is 17.9 Å². The molecule has 0 aromatic rings. The van der Waals surface area contributed by atoms with Gasteiger partial charge in [0.05, 0.1) is 28.8 Å². The van der Waals surface area contributed by atoms with Crippen LogP contribution in [0.1, 0.15) is 27.7 Å². The maximum Gasteiger partial charge on any atom is 0.340 e. The van der Waals surface area contributed by atoms with E-state index in [1.807, 2.05) is 20.8 Å². The summed E-state index contributed by atoms with van der Waals surface area (Å²) in [5, 5.41) is 34.2. The van der Waals surface area contributed by atoms with Gasteiger partial charge in [0.2, 0.25) is 6.29 Å². The molecule has 2 spiro atoms. The lowest BCUT2D eigenvalue weighted by Gasteiger charge is -2.47. The van der Waals surface area contributed by atoms with Gasteiger partial charge in [0.25, 0.3) is 0 Å². The Kier molecular flexibility index (Phi) is 3.06. The first-order chi connectivity index (χ1) is 13.9. The van der Waals surface area contributed by atoms with Gasteiger partial charge in [-0.25, -0.2) is 9.59 Å². The van der Waals surface area contributed by atoms with Gasteiger partial charge in [-0.2, -0.15) is 0 Å². The van der Waals surface area contributed by atoms with Crippen LogP contribution in [0, 0.1) is 34.0 Å². The molecule has 3 N–H and O–H groups in total. The van der Waals surface area contributed by atoms with Gasteiger partial charge in [-0.15, -0.1) is 0 Å². The molecule has 0 aromatic carbocycles. The SMILES string of the molecule is C[C@@H]1C(=O)O[C@H]2[C@H]1[C@@]13O[C@@H]4OC(=O)[C@H](O)[C@@]45[C@H](C(C)(C)C)[C@@H](O)[C@@H](OC1=O)[C@]53[C@H]2O. The molecule has 10 heteroatoms. The van der Waals surface area contributed by atoms with Crippen molar-refractivity contribution in [2.75, 3.05) is 0 Å². The number of rotatable bonds is 0. The Labute approximate surface area is 171 Å². The number of aliphatic hydroxyl groups is 3. The number of carbonyl (C=O) groups is 3. The zero-order valence-electron chi connectivity index (χ0n) is 16.9. The van der Waals surface area contributed by atoms with Crippen LogP contribution in [0.15, 0.2) is 0 Å². The van der Waals surface area contributed by atoms with Gasteiger partial charge in [0.1, 0.15) is 18.3 Å². The van der Waals surface area contributed by atoms with E-state index in [2.05, 4.69) is 0 Å². The molecule has 0 radical (unpaired) electrons. The van der Waals surface area contributed by atoms with Crippen LogP contribution in [-0.4, -0.2) is 75.6 Å². The normalized spacial score (nSPS) is 60.1. The quantitative estimate of drug-likeness (QED) is 0.309. The highest BCUT2D eigenvalue weighted by Crippen LogP contribution is 2.83. The average Bonchev–Trinajstić information content (AvgIpc) is 3.34. The fraction of sp³-hybridized carbons (Fsp3) is 0.850. The van der Waals surface area contributed by atoms with Crippen LogP contribution < -0.4 is 0 Å². The van der Waals surface area contributed by atoms with Crippen molar-refractivity contribution >= 4 is 17.9 Å². The molecular weight excluding hydrogens is 400 g/mol. The van der Waals surface area contributed by atoms with Crippen LogP contribution >= 0.6 is 0 Å². The zero-order valence-corrected chi connectivity index (χ0v) is 16.9. The lowest BCUT2D eigenvalue weighted by molar-refractivity contribution is -0.208. The minimum absolute atomic E-state index is 0.581. The Morgan fingerprint density at radius 2 is 1.63 bits per heavy atom. The van der Waals surface area contributed by atoms with Gasteiger partial charge in [0, 0.05) is 5.92 Å². The highest BCUT2D eigenvalue weighted by atomic mass is 16.7. The monoisotopic (exact) mass is 424 g/mol. The predicted octanol–water partition coefficient (Wildman–Crippen LogP) is -1.51. The maximum absolute atomic E-state index is 13.3. The summed E-state index contributed by atoms with van der Waals surface area (Å²) < 4.78 is 22.7. The molecule has 6 rings (SSSR count). The van der Waals surface area contributed by atoms with E-state index in [0.29, 0.717) is 0 Å². The van der Waals surface area contributed by atoms with E-state index in [9.17, 15) is 29.7 Å². The second-order valence-corrected chi connectivity index (χ2v) is 10.6. The standard InChI is InChI=1S/C20H24O10/c1-5-6-8(27-13(5)24)10(22)19-12-7(21)9(17(2,3)4)18(19)11(23)14(25)29-16(18)30-20(6,19)15(26)28-12/h5-12,16,21-23H,1-4H3/t5-,6-,7+,8-,9-,10-,11-,12+,16-,18-,19+,20+/m0/s1. The third-order valence-electron chi connectivity index (χ3n) is 8.76. The Morgan fingerprint density at radius 3 is 2.27 bits per heavy atom. The molecular formula is C20H24O10. The van der Waals surface area contributed by atoms with Crippen molar-refractivity contribution in [2.45, 2.75) is 70.1 Å². The topological polar surface area (TPSA) is 149 Å². The van der Waals surface area contributed by atoms with E-state index < -0.39 is 94.3 Å². The maximum atomic E-state index is 13.3. The molecule has 4 aliphatic heterocycles. The van der Waals surface area contributed by atoms with Crippen molar-refractivity contribution in [3.8, 4) is 0 Å². The van der Waals surface area contributed by atoms with Crippen LogP contribution in [0.25, 0.3) is 0 Å². The molecule has 0 bridgehead atoms. The number of hydrogen-bond donors (Lipinski definition) is 3. The minimum atomic E-state index is -1.89. The van der Waals surface area contributed by atoms with Crippen LogP contribution in [0.5, 0.6) is 0 Å². The van der Waals surface area contributed by atoms with Crippen LogP contribution in [0.3, 0.4) is 0 Å². The highest BCUT2D eigenvalue weighted by molar-refractivity contribution is 5.92. The molecule has 12 atom stereocenters.